The van der Waals surface area contributed by atoms with E-state index >= 15 is 0 Å². The predicted octanol–water partition coefficient (Wildman–Crippen LogP) is 0.212. The third-order valence-electron chi connectivity index (χ3n) is 1.74. The molecule has 1 unspecified atom stereocenters. The van der Waals surface area contributed by atoms with Gasteiger partial charge in [0.2, 0.25) is 5.91 Å². The van der Waals surface area contributed by atoms with Gasteiger partial charge in [-0.3, -0.25) is 9.35 Å². The van der Waals surface area contributed by atoms with Crippen molar-refractivity contribution in [3.05, 3.63) is 25.3 Å². The molecule has 7 nitrogen and oxygen atoms in total. The molecule has 0 saturated carbocycles. The van der Waals surface area contributed by atoms with Crippen LogP contribution in [-0.2, 0) is 19.7 Å². The quantitative estimate of drug-likeness (QED) is 0.472. The number of amides is 1. The first kappa shape index (κ1) is 18.7. The molecule has 104 valence electrons. The second kappa shape index (κ2) is 9.37. The van der Waals surface area contributed by atoms with Gasteiger partial charge in [0.15, 0.2) is 0 Å². The average molecular weight is 279 g/mol. The van der Waals surface area contributed by atoms with Crippen LogP contribution in [0, 0.1) is 0 Å². The SMILES string of the molecule is C=CC(=O)NCC(CC)S(=O)(=O)O.C=CC(=O)O. The van der Waals surface area contributed by atoms with Gasteiger partial charge in [-0.1, -0.05) is 20.1 Å². The van der Waals surface area contributed by atoms with Gasteiger partial charge in [0.1, 0.15) is 5.25 Å². The summed E-state index contributed by atoms with van der Waals surface area (Å²) in [5, 5.41) is 8.95. The third-order valence-corrected chi connectivity index (χ3v) is 3.08. The standard InChI is InChI=1S/C7H13NO4S.C3H4O2/c1-3-6(13(10,11)12)5-8-7(9)4-2;1-2-3(4)5/h4,6H,2-3,5H2,1H3,(H,8,9)(H,10,11,12);2H,1H2,(H,4,5). The van der Waals surface area contributed by atoms with E-state index in [0.29, 0.717) is 0 Å². The van der Waals surface area contributed by atoms with Gasteiger partial charge in [-0.05, 0) is 12.5 Å². The molecule has 0 radical (unpaired) electrons. The Bertz CT molecular complexity index is 401. The van der Waals surface area contributed by atoms with Crippen molar-refractivity contribution in [2.24, 2.45) is 0 Å². The molecule has 0 spiro atoms. The molecule has 0 aliphatic rings. The van der Waals surface area contributed by atoms with E-state index in [0.717, 1.165) is 12.2 Å². The van der Waals surface area contributed by atoms with Crippen molar-refractivity contribution < 1.29 is 27.7 Å². The first-order valence-electron chi connectivity index (χ1n) is 4.90. The molecule has 0 rings (SSSR count). The number of rotatable bonds is 6. The number of hydrogen-bond acceptors (Lipinski definition) is 4. The molecular formula is C10H17NO6S. The molecule has 0 heterocycles. The van der Waals surface area contributed by atoms with Crippen molar-refractivity contribution in [3.63, 3.8) is 0 Å². The Morgan fingerprint density at radius 3 is 2.00 bits per heavy atom. The molecule has 18 heavy (non-hydrogen) atoms. The van der Waals surface area contributed by atoms with Crippen molar-refractivity contribution in [2.45, 2.75) is 18.6 Å². The van der Waals surface area contributed by atoms with Crippen LogP contribution in [0.1, 0.15) is 13.3 Å². The lowest BCUT2D eigenvalue weighted by atomic mass is 10.3. The summed E-state index contributed by atoms with van der Waals surface area (Å²) in [6.07, 6.45) is 2.12. The number of carboxylic acid groups (broad SMARTS) is 1. The van der Waals surface area contributed by atoms with Crippen LogP contribution in [0.5, 0.6) is 0 Å². The van der Waals surface area contributed by atoms with Gasteiger partial charge < -0.3 is 10.4 Å². The second-order valence-corrected chi connectivity index (χ2v) is 4.73. The van der Waals surface area contributed by atoms with Gasteiger partial charge in [-0.15, -0.1) is 0 Å². The van der Waals surface area contributed by atoms with Crippen LogP contribution in [0.15, 0.2) is 25.3 Å². The summed E-state index contributed by atoms with van der Waals surface area (Å²) in [6, 6.07) is 0. The van der Waals surface area contributed by atoms with E-state index in [1.165, 1.54) is 0 Å². The zero-order chi connectivity index (χ0) is 14.8. The average Bonchev–Trinajstić information content (AvgIpc) is 2.28. The molecule has 1 atom stereocenters. The Kier molecular flexibility index (Phi) is 9.73. The van der Waals surface area contributed by atoms with Crippen LogP contribution in [0.4, 0.5) is 0 Å². The maximum absolute atomic E-state index is 10.7. The van der Waals surface area contributed by atoms with E-state index in [-0.39, 0.29) is 13.0 Å². The van der Waals surface area contributed by atoms with Gasteiger partial charge in [0.25, 0.3) is 10.1 Å². The number of carbonyl (C=O) groups excluding carboxylic acids is 1. The molecule has 1 amide bonds. The highest BCUT2D eigenvalue weighted by molar-refractivity contribution is 7.86. The van der Waals surface area contributed by atoms with Crippen molar-refractivity contribution in [1.82, 2.24) is 5.32 Å². The predicted molar refractivity (Wildman–Crippen MR) is 66.7 cm³/mol. The highest BCUT2D eigenvalue weighted by Crippen LogP contribution is 2.01. The number of hydrogen-bond donors (Lipinski definition) is 3. The summed E-state index contributed by atoms with van der Waals surface area (Å²) in [7, 11) is -4.07. The fraction of sp³-hybridized carbons (Fsp3) is 0.400. The van der Waals surface area contributed by atoms with E-state index in [1.54, 1.807) is 6.92 Å². The zero-order valence-electron chi connectivity index (χ0n) is 10.00. The Morgan fingerprint density at radius 1 is 1.33 bits per heavy atom. The highest BCUT2D eigenvalue weighted by atomic mass is 32.2. The molecule has 0 aliphatic carbocycles. The monoisotopic (exact) mass is 279 g/mol. The Balaban J connectivity index is 0. The van der Waals surface area contributed by atoms with E-state index in [2.05, 4.69) is 18.5 Å². The lowest BCUT2D eigenvalue weighted by Gasteiger charge is -2.10. The molecular weight excluding hydrogens is 262 g/mol. The topological polar surface area (TPSA) is 121 Å². The fourth-order valence-electron chi connectivity index (χ4n) is 0.747. The van der Waals surface area contributed by atoms with E-state index in [1.807, 2.05) is 0 Å². The largest absolute Gasteiger partial charge is 0.478 e. The summed E-state index contributed by atoms with van der Waals surface area (Å²) in [5.74, 6) is -1.44. The first-order chi connectivity index (χ1) is 8.18. The van der Waals surface area contributed by atoms with Gasteiger partial charge in [0.05, 0.1) is 0 Å². The zero-order valence-corrected chi connectivity index (χ0v) is 10.8. The molecule has 0 aromatic heterocycles. The summed E-state index contributed by atoms with van der Waals surface area (Å²) in [6.45, 7) is 7.68. The van der Waals surface area contributed by atoms with Crippen LogP contribution in [0.25, 0.3) is 0 Å². The van der Waals surface area contributed by atoms with E-state index in [4.69, 9.17) is 9.66 Å². The van der Waals surface area contributed by atoms with Crippen LogP contribution in [0.2, 0.25) is 0 Å². The first-order valence-corrected chi connectivity index (χ1v) is 6.41. The van der Waals surface area contributed by atoms with Crippen LogP contribution in [0.3, 0.4) is 0 Å². The van der Waals surface area contributed by atoms with Gasteiger partial charge >= 0.3 is 5.97 Å². The minimum absolute atomic E-state index is 0.0970. The molecule has 3 N–H and O–H groups in total. The Morgan fingerprint density at radius 2 is 1.78 bits per heavy atom. The van der Waals surface area contributed by atoms with Gasteiger partial charge in [-0.2, -0.15) is 8.42 Å². The lowest BCUT2D eigenvalue weighted by molar-refractivity contribution is -0.131. The maximum atomic E-state index is 10.7. The van der Waals surface area contributed by atoms with Crippen molar-refractivity contribution in [3.8, 4) is 0 Å². The summed E-state index contributed by atoms with van der Waals surface area (Å²) >= 11 is 0. The van der Waals surface area contributed by atoms with E-state index in [9.17, 15) is 18.0 Å². The summed E-state index contributed by atoms with van der Waals surface area (Å²) in [4.78, 5) is 19.9. The van der Waals surface area contributed by atoms with Crippen LogP contribution >= 0.6 is 0 Å². The summed E-state index contributed by atoms with van der Waals surface area (Å²) in [5.41, 5.74) is 0. The van der Waals surface area contributed by atoms with Gasteiger partial charge in [0, 0.05) is 12.6 Å². The molecule has 0 aromatic carbocycles. The van der Waals surface area contributed by atoms with Crippen molar-refractivity contribution in [1.29, 1.82) is 0 Å². The minimum Gasteiger partial charge on any atom is -0.478 e. The lowest BCUT2D eigenvalue weighted by Crippen LogP contribution is -2.35. The van der Waals surface area contributed by atoms with Crippen molar-refractivity contribution >= 4 is 22.0 Å². The molecule has 0 aromatic rings. The molecule has 0 fully saturated rings. The fourth-order valence-corrected chi connectivity index (χ4v) is 1.46. The number of carbonyl (C=O) groups is 2. The number of aliphatic carboxylic acids is 1. The summed E-state index contributed by atoms with van der Waals surface area (Å²) < 4.78 is 29.9. The highest BCUT2D eigenvalue weighted by Gasteiger charge is 2.20. The van der Waals surface area contributed by atoms with E-state index < -0.39 is 27.2 Å². The van der Waals surface area contributed by atoms with Crippen LogP contribution in [-0.4, -0.2) is 41.7 Å². The smallest absolute Gasteiger partial charge is 0.327 e. The molecule has 8 heteroatoms. The number of nitrogens with one attached hydrogen (secondary N) is 1. The number of carboxylic acids is 1. The van der Waals surface area contributed by atoms with Crippen LogP contribution < -0.4 is 5.32 Å². The molecule has 0 aliphatic heterocycles. The van der Waals surface area contributed by atoms with Crippen molar-refractivity contribution in [2.75, 3.05) is 6.54 Å². The van der Waals surface area contributed by atoms with Gasteiger partial charge in [-0.25, -0.2) is 4.79 Å². The molecule has 0 saturated heterocycles. The normalized spacial score (nSPS) is 11.4. The minimum atomic E-state index is -4.07. The Hall–Kier alpha value is -1.67. The molecule has 0 bridgehead atoms. The maximum Gasteiger partial charge on any atom is 0.327 e. The Labute approximate surface area is 106 Å². The second-order valence-electron chi connectivity index (χ2n) is 3.04. The third kappa shape index (κ3) is 10.8.